The molecule has 0 amide bonds. The van der Waals surface area contributed by atoms with Gasteiger partial charge < -0.3 is 0 Å². The van der Waals surface area contributed by atoms with E-state index in [0.717, 1.165) is 28.0 Å². The van der Waals surface area contributed by atoms with Crippen molar-refractivity contribution in [2.24, 2.45) is 5.41 Å². The molecule has 1 aromatic heterocycles. The molecule has 16 heavy (non-hydrogen) atoms. The molecule has 4 heteroatoms. The van der Waals surface area contributed by atoms with Gasteiger partial charge in [0.2, 0.25) is 0 Å². The predicted molar refractivity (Wildman–Crippen MR) is 72.4 cm³/mol. The molecule has 1 heterocycles. The quantitative estimate of drug-likeness (QED) is 0.507. The molecule has 0 saturated heterocycles. The highest BCUT2D eigenvalue weighted by molar-refractivity contribution is 7.99. The predicted octanol–water partition coefficient (Wildman–Crippen LogP) is 3.29. The fraction of sp³-hybridized carbons (Fsp3) is 0.667. The minimum absolute atomic E-state index is 0.453. The molecule has 0 spiro atoms. The third kappa shape index (κ3) is 2.72. The summed E-state index contributed by atoms with van der Waals surface area (Å²) in [6.45, 7) is 4.05. The maximum absolute atomic E-state index is 4.47. The summed E-state index contributed by atoms with van der Waals surface area (Å²) in [7, 11) is 0. The molecule has 1 saturated carbocycles. The summed E-state index contributed by atoms with van der Waals surface area (Å²) >= 11 is 6.25. The second-order valence-electron chi connectivity index (χ2n) is 4.73. The Morgan fingerprint density at radius 3 is 2.38 bits per heavy atom. The lowest BCUT2D eigenvalue weighted by atomic mass is 9.72. The van der Waals surface area contributed by atoms with Crippen molar-refractivity contribution >= 4 is 24.4 Å². The zero-order chi connectivity index (χ0) is 11.6. The molecule has 0 aliphatic heterocycles. The van der Waals surface area contributed by atoms with E-state index >= 15 is 0 Å². The second-order valence-corrected chi connectivity index (χ2v) is 5.99. The van der Waals surface area contributed by atoms with Crippen molar-refractivity contribution in [1.82, 2.24) is 9.97 Å². The number of rotatable bonds is 4. The highest BCUT2D eigenvalue weighted by atomic mass is 32.2. The van der Waals surface area contributed by atoms with Crippen molar-refractivity contribution < 1.29 is 0 Å². The largest absolute Gasteiger partial charge is 0.228 e. The number of aryl methyl sites for hydroxylation is 2. The average molecular weight is 254 g/mol. The van der Waals surface area contributed by atoms with Crippen LogP contribution in [0.2, 0.25) is 0 Å². The van der Waals surface area contributed by atoms with Gasteiger partial charge in [-0.25, -0.2) is 9.97 Å². The van der Waals surface area contributed by atoms with Crippen molar-refractivity contribution in [3.05, 3.63) is 17.5 Å². The lowest BCUT2D eigenvalue weighted by molar-refractivity contribution is 0.205. The van der Waals surface area contributed by atoms with E-state index in [9.17, 15) is 0 Å². The number of nitrogens with zero attached hydrogens (tertiary/aromatic N) is 2. The van der Waals surface area contributed by atoms with E-state index < -0.39 is 0 Å². The molecule has 0 radical (unpaired) electrons. The Hall–Kier alpha value is -0.220. The van der Waals surface area contributed by atoms with Gasteiger partial charge in [-0.3, -0.25) is 0 Å². The number of thioether (sulfide) groups is 1. The first-order valence-corrected chi connectivity index (χ1v) is 7.31. The fourth-order valence-corrected chi connectivity index (χ4v) is 3.82. The molecule has 0 atom stereocenters. The van der Waals surface area contributed by atoms with Crippen LogP contribution < -0.4 is 0 Å². The van der Waals surface area contributed by atoms with Crippen molar-refractivity contribution in [3.8, 4) is 0 Å². The molecular weight excluding hydrogens is 236 g/mol. The molecule has 1 aliphatic carbocycles. The van der Waals surface area contributed by atoms with Crippen LogP contribution in [0.3, 0.4) is 0 Å². The summed E-state index contributed by atoms with van der Waals surface area (Å²) in [6, 6.07) is 2.02. The van der Waals surface area contributed by atoms with E-state index in [2.05, 4.69) is 22.6 Å². The van der Waals surface area contributed by atoms with E-state index in [4.69, 9.17) is 0 Å². The molecule has 88 valence electrons. The van der Waals surface area contributed by atoms with Crippen LogP contribution >= 0.6 is 24.4 Å². The Bertz CT molecular complexity index is 350. The van der Waals surface area contributed by atoms with Crippen LogP contribution in [-0.2, 0) is 0 Å². The van der Waals surface area contributed by atoms with E-state index in [1.165, 1.54) is 19.3 Å². The lowest BCUT2D eigenvalue weighted by Crippen LogP contribution is -2.33. The minimum Gasteiger partial charge on any atom is -0.228 e. The van der Waals surface area contributed by atoms with Gasteiger partial charge in [-0.2, -0.15) is 12.6 Å². The first kappa shape index (κ1) is 12.2. The zero-order valence-electron chi connectivity index (χ0n) is 9.86. The van der Waals surface area contributed by atoms with Gasteiger partial charge in [0.1, 0.15) is 0 Å². The van der Waals surface area contributed by atoms with Crippen LogP contribution in [0.25, 0.3) is 0 Å². The van der Waals surface area contributed by atoms with Gasteiger partial charge in [-0.1, -0.05) is 18.2 Å². The Morgan fingerprint density at radius 1 is 1.31 bits per heavy atom. The summed E-state index contributed by atoms with van der Waals surface area (Å²) in [4.78, 5) is 8.91. The third-order valence-electron chi connectivity index (χ3n) is 3.22. The zero-order valence-corrected chi connectivity index (χ0v) is 11.6. The Morgan fingerprint density at radius 2 is 1.94 bits per heavy atom. The minimum atomic E-state index is 0.453. The first-order chi connectivity index (χ1) is 7.63. The lowest BCUT2D eigenvalue weighted by Gasteiger charge is -2.40. The second kappa shape index (κ2) is 4.96. The molecule has 0 bridgehead atoms. The van der Waals surface area contributed by atoms with Crippen LogP contribution in [-0.4, -0.2) is 21.5 Å². The monoisotopic (exact) mass is 254 g/mol. The molecule has 1 aliphatic rings. The standard InChI is InChI=1S/C12H18N2S2/c1-9-6-10(2)14-11(13-9)16-8-12(7-15)4-3-5-12/h6,15H,3-5,7-8H2,1-2H3. The van der Waals surface area contributed by atoms with Gasteiger partial charge in [0.05, 0.1) is 0 Å². The Balaban J connectivity index is 1.98. The fourth-order valence-electron chi connectivity index (χ4n) is 2.00. The molecular formula is C12H18N2S2. The summed E-state index contributed by atoms with van der Waals surface area (Å²) in [6.07, 6.45) is 3.98. The van der Waals surface area contributed by atoms with Crippen molar-refractivity contribution in [2.45, 2.75) is 38.3 Å². The normalized spacial score (nSPS) is 18.2. The molecule has 0 unspecified atom stereocenters. The van der Waals surface area contributed by atoms with E-state index in [1.807, 2.05) is 19.9 Å². The average Bonchev–Trinajstić information content (AvgIpc) is 2.15. The molecule has 1 aromatic rings. The van der Waals surface area contributed by atoms with E-state index in [0.29, 0.717) is 5.41 Å². The topological polar surface area (TPSA) is 25.8 Å². The summed E-state index contributed by atoms with van der Waals surface area (Å²) in [5.41, 5.74) is 2.57. The number of hydrogen-bond acceptors (Lipinski definition) is 4. The molecule has 0 N–H and O–H groups in total. The van der Waals surface area contributed by atoms with Crippen LogP contribution in [0.1, 0.15) is 30.7 Å². The van der Waals surface area contributed by atoms with Crippen molar-refractivity contribution in [1.29, 1.82) is 0 Å². The maximum atomic E-state index is 4.47. The van der Waals surface area contributed by atoms with E-state index in [-0.39, 0.29) is 0 Å². The van der Waals surface area contributed by atoms with Gasteiger partial charge in [0.15, 0.2) is 5.16 Å². The van der Waals surface area contributed by atoms with Gasteiger partial charge in [-0.15, -0.1) is 0 Å². The van der Waals surface area contributed by atoms with Gasteiger partial charge >= 0.3 is 0 Å². The van der Waals surface area contributed by atoms with Crippen molar-refractivity contribution in [2.75, 3.05) is 11.5 Å². The smallest absolute Gasteiger partial charge is 0.187 e. The van der Waals surface area contributed by atoms with Crippen molar-refractivity contribution in [3.63, 3.8) is 0 Å². The van der Waals surface area contributed by atoms with Gasteiger partial charge in [0, 0.05) is 17.1 Å². The summed E-state index contributed by atoms with van der Waals surface area (Å²) in [5.74, 6) is 2.10. The molecule has 0 aromatic carbocycles. The molecule has 2 rings (SSSR count). The number of aromatic nitrogens is 2. The molecule has 1 fully saturated rings. The Labute approximate surface area is 107 Å². The van der Waals surface area contributed by atoms with Crippen LogP contribution in [0.15, 0.2) is 11.2 Å². The first-order valence-electron chi connectivity index (χ1n) is 5.70. The number of thiol groups is 1. The highest BCUT2D eigenvalue weighted by Crippen LogP contribution is 2.45. The SMILES string of the molecule is Cc1cc(C)nc(SCC2(CS)CCC2)n1. The number of hydrogen-bond donors (Lipinski definition) is 1. The van der Waals surface area contributed by atoms with Gasteiger partial charge in [0.25, 0.3) is 0 Å². The summed E-state index contributed by atoms with van der Waals surface area (Å²) in [5, 5.41) is 0.922. The van der Waals surface area contributed by atoms with Crippen LogP contribution in [0.5, 0.6) is 0 Å². The highest BCUT2D eigenvalue weighted by Gasteiger charge is 2.35. The van der Waals surface area contributed by atoms with E-state index in [1.54, 1.807) is 11.8 Å². The van der Waals surface area contributed by atoms with Crippen LogP contribution in [0.4, 0.5) is 0 Å². The third-order valence-corrected chi connectivity index (χ3v) is 5.09. The Kier molecular flexibility index (Phi) is 3.80. The molecule has 2 nitrogen and oxygen atoms in total. The van der Waals surface area contributed by atoms with Crippen LogP contribution in [0, 0.1) is 19.3 Å². The maximum Gasteiger partial charge on any atom is 0.187 e. The van der Waals surface area contributed by atoms with Gasteiger partial charge in [-0.05, 0) is 43.9 Å². The summed E-state index contributed by atoms with van der Waals surface area (Å²) < 4.78 is 0.